The van der Waals surface area contributed by atoms with E-state index in [-0.39, 0.29) is 5.91 Å². The van der Waals surface area contributed by atoms with Crippen LogP contribution in [0.15, 0.2) is 40.8 Å². The monoisotopic (exact) mass is 363 g/mol. The quantitative estimate of drug-likeness (QED) is 0.699. The summed E-state index contributed by atoms with van der Waals surface area (Å²) >= 11 is 0. The van der Waals surface area contributed by atoms with Gasteiger partial charge in [-0.25, -0.2) is 0 Å². The molecule has 0 radical (unpaired) electrons. The van der Waals surface area contributed by atoms with Crippen LogP contribution in [0.2, 0.25) is 0 Å². The van der Waals surface area contributed by atoms with Crippen LogP contribution in [-0.4, -0.2) is 26.1 Å². The molecule has 0 spiro atoms. The topological polar surface area (TPSA) is 85.8 Å². The molecule has 1 aromatic carbocycles. The number of aromatic nitrogens is 4. The van der Waals surface area contributed by atoms with E-state index in [1.165, 1.54) is 12.5 Å². The summed E-state index contributed by atoms with van der Waals surface area (Å²) in [6.45, 7) is 6.01. The van der Waals surface area contributed by atoms with Crippen molar-refractivity contribution in [2.45, 2.75) is 33.1 Å². The number of rotatable bonds is 5. The van der Waals surface area contributed by atoms with Gasteiger partial charge in [0.1, 0.15) is 11.5 Å². The van der Waals surface area contributed by atoms with Crippen LogP contribution in [0.5, 0.6) is 0 Å². The van der Waals surface area contributed by atoms with Gasteiger partial charge < -0.3 is 9.73 Å². The highest BCUT2D eigenvalue weighted by Gasteiger charge is 2.36. The lowest BCUT2D eigenvalue weighted by Crippen LogP contribution is -2.09. The fourth-order valence-corrected chi connectivity index (χ4v) is 3.09. The Labute approximate surface area is 157 Å². The van der Waals surface area contributed by atoms with Crippen LogP contribution >= 0.6 is 0 Å². The summed E-state index contributed by atoms with van der Waals surface area (Å²) < 4.78 is 7.43. The first-order valence-electron chi connectivity index (χ1n) is 8.96. The summed E-state index contributed by atoms with van der Waals surface area (Å²) in [6.07, 6.45) is 4.33. The highest BCUT2D eigenvalue weighted by atomic mass is 16.3. The minimum Gasteiger partial charge on any atom is -0.461 e. The Morgan fingerprint density at radius 2 is 2.11 bits per heavy atom. The summed E-state index contributed by atoms with van der Waals surface area (Å²) in [7, 11) is 0. The highest BCUT2D eigenvalue weighted by molar-refractivity contribution is 6.01. The Kier molecular flexibility index (Phi) is 4.35. The second-order valence-electron chi connectivity index (χ2n) is 7.02. The molecule has 1 aliphatic rings. The third kappa shape index (κ3) is 3.67. The molecule has 2 atom stereocenters. The van der Waals surface area contributed by atoms with Crippen LogP contribution in [0.4, 0.5) is 5.69 Å². The molecule has 3 aromatic rings. The van der Waals surface area contributed by atoms with Crippen molar-refractivity contribution in [1.82, 2.24) is 20.2 Å². The molecule has 138 valence electrons. The maximum Gasteiger partial charge on any atom is 0.248 e. The van der Waals surface area contributed by atoms with E-state index in [9.17, 15) is 4.79 Å². The second-order valence-corrected chi connectivity index (χ2v) is 7.02. The SMILES string of the molecule is Cc1ccc(NC(=O)/C=C/c2ccc(C3CC3C)o2)cc1-n1nnnc1C. The number of furan rings is 1. The van der Waals surface area contributed by atoms with E-state index in [0.717, 1.165) is 17.0 Å². The molecular weight excluding hydrogens is 342 g/mol. The predicted molar refractivity (Wildman–Crippen MR) is 102 cm³/mol. The average molecular weight is 363 g/mol. The average Bonchev–Trinajstić information content (AvgIpc) is 3.03. The fraction of sp³-hybridized carbons (Fsp3) is 0.300. The third-order valence-electron chi connectivity index (χ3n) is 4.85. The molecule has 7 heteroatoms. The van der Waals surface area contributed by atoms with Crippen molar-refractivity contribution in [1.29, 1.82) is 0 Å². The smallest absolute Gasteiger partial charge is 0.248 e. The van der Waals surface area contributed by atoms with Gasteiger partial charge in [-0.3, -0.25) is 4.79 Å². The standard InChI is InChI=1S/C20H21N5O2/c1-12-4-5-15(11-18(12)25-14(3)22-23-24-25)21-20(26)9-7-16-6-8-19(27-16)17-10-13(17)2/h4-9,11,13,17H,10H2,1-3H3,(H,21,26)/b9-7+. The van der Waals surface area contributed by atoms with Crippen LogP contribution in [-0.2, 0) is 4.79 Å². The largest absolute Gasteiger partial charge is 0.461 e. The summed E-state index contributed by atoms with van der Waals surface area (Å²) in [6, 6.07) is 9.51. The van der Waals surface area contributed by atoms with Gasteiger partial charge in [0.05, 0.1) is 5.69 Å². The minimum absolute atomic E-state index is 0.226. The molecule has 4 rings (SSSR count). The van der Waals surface area contributed by atoms with Gasteiger partial charge in [-0.2, -0.15) is 4.68 Å². The zero-order valence-corrected chi connectivity index (χ0v) is 15.5. The van der Waals surface area contributed by atoms with Crippen LogP contribution in [0.1, 0.15) is 42.2 Å². The second kappa shape index (κ2) is 6.83. The number of carbonyl (C=O) groups excluding carboxylic acids is 1. The molecule has 0 aliphatic heterocycles. The Bertz CT molecular complexity index is 1020. The molecular formula is C20H21N5O2. The number of hydrogen-bond acceptors (Lipinski definition) is 5. The molecule has 7 nitrogen and oxygen atoms in total. The number of benzene rings is 1. The van der Waals surface area contributed by atoms with Crippen LogP contribution < -0.4 is 5.32 Å². The molecule has 2 unspecified atom stereocenters. The number of nitrogens with zero attached hydrogens (tertiary/aromatic N) is 4. The van der Waals surface area contributed by atoms with Gasteiger partial charge in [-0.15, -0.1) is 5.10 Å². The van der Waals surface area contributed by atoms with Crippen LogP contribution in [0.25, 0.3) is 11.8 Å². The van der Waals surface area contributed by atoms with Gasteiger partial charge in [0.25, 0.3) is 0 Å². The minimum atomic E-state index is -0.226. The first-order valence-corrected chi connectivity index (χ1v) is 8.96. The Hall–Kier alpha value is -3.22. The molecule has 1 N–H and O–H groups in total. The van der Waals surface area contributed by atoms with E-state index < -0.39 is 0 Å². The van der Waals surface area contributed by atoms with E-state index in [1.54, 1.807) is 10.8 Å². The van der Waals surface area contributed by atoms with Crippen molar-refractivity contribution in [3.05, 3.63) is 59.3 Å². The number of hydrogen-bond donors (Lipinski definition) is 1. The lowest BCUT2D eigenvalue weighted by Gasteiger charge is -2.09. The van der Waals surface area contributed by atoms with Crippen molar-refractivity contribution in [2.24, 2.45) is 5.92 Å². The molecule has 2 aromatic heterocycles. The summed E-state index contributed by atoms with van der Waals surface area (Å²) in [4.78, 5) is 12.3. The summed E-state index contributed by atoms with van der Waals surface area (Å²) in [5.74, 6) is 3.37. The first-order chi connectivity index (χ1) is 13.0. The third-order valence-corrected chi connectivity index (χ3v) is 4.85. The van der Waals surface area contributed by atoms with E-state index in [1.807, 2.05) is 44.2 Å². The fourth-order valence-electron chi connectivity index (χ4n) is 3.09. The Balaban J connectivity index is 1.45. The van der Waals surface area contributed by atoms with Gasteiger partial charge in [0, 0.05) is 17.7 Å². The van der Waals surface area contributed by atoms with Crippen LogP contribution in [0.3, 0.4) is 0 Å². The molecule has 1 amide bonds. The Morgan fingerprint density at radius 1 is 1.30 bits per heavy atom. The number of aryl methyl sites for hydroxylation is 2. The molecule has 1 aliphatic carbocycles. The molecule has 2 heterocycles. The van der Waals surface area contributed by atoms with Crippen molar-refractivity contribution in [3.63, 3.8) is 0 Å². The Morgan fingerprint density at radius 3 is 2.81 bits per heavy atom. The molecule has 1 saturated carbocycles. The number of tetrazole rings is 1. The molecule has 1 fully saturated rings. The van der Waals surface area contributed by atoms with E-state index in [0.29, 0.717) is 29.1 Å². The maximum atomic E-state index is 12.3. The number of amides is 1. The van der Waals surface area contributed by atoms with Crippen LogP contribution in [0, 0.1) is 19.8 Å². The zero-order valence-electron chi connectivity index (χ0n) is 15.5. The first kappa shape index (κ1) is 17.2. The van der Waals surface area contributed by atoms with Gasteiger partial charge in [0.15, 0.2) is 5.82 Å². The van der Waals surface area contributed by atoms with E-state index >= 15 is 0 Å². The predicted octanol–water partition coefficient (Wildman–Crippen LogP) is 3.65. The van der Waals surface area contributed by atoms with Gasteiger partial charge in [0.2, 0.25) is 5.91 Å². The van der Waals surface area contributed by atoms with E-state index in [4.69, 9.17) is 4.42 Å². The lowest BCUT2D eigenvalue weighted by molar-refractivity contribution is -0.111. The van der Waals surface area contributed by atoms with Gasteiger partial charge in [-0.1, -0.05) is 13.0 Å². The summed E-state index contributed by atoms with van der Waals surface area (Å²) in [5, 5.41) is 14.4. The zero-order chi connectivity index (χ0) is 19.0. The number of nitrogens with one attached hydrogen (secondary N) is 1. The molecule has 0 bridgehead atoms. The number of carbonyl (C=O) groups is 1. The molecule has 27 heavy (non-hydrogen) atoms. The van der Waals surface area contributed by atoms with Gasteiger partial charge >= 0.3 is 0 Å². The lowest BCUT2D eigenvalue weighted by atomic mass is 10.1. The number of anilines is 1. The summed E-state index contributed by atoms with van der Waals surface area (Å²) in [5.41, 5.74) is 2.51. The highest BCUT2D eigenvalue weighted by Crippen LogP contribution is 2.47. The van der Waals surface area contributed by atoms with Crippen molar-refractivity contribution >= 4 is 17.7 Å². The molecule has 0 saturated heterocycles. The van der Waals surface area contributed by atoms with E-state index in [2.05, 4.69) is 27.8 Å². The van der Waals surface area contributed by atoms with Crippen molar-refractivity contribution < 1.29 is 9.21 Å². The maximum absolute atomic E-state index is 12.3. The normalized spacial score (nSPS) is 18.8. The van der Waals surface area contributed by atoms with Crippen molar-refractivity contribution in [3.8, 4) is 5.69 Å². The van der Waals surface area contributed by atoms with Crippen molar-refractivity contribution in [2.75, 3.05) is 5.32 Å². The van der Waals surface area contributed by atoms with Gasteiger partial charge in [-0.05, 0) is 72.5 Å².